The van der Waals surface area contributed by atoms with Crippen LogP contribution in [0.3, 0.4) is 0 Å². The quantitative estimate of drug-likeness (QED) is 0.845. The third kappa shape index (κ3) is 3.78. The zero-order valence-corrected chi connectivity index (χ0v) is 13.1. The number of benzene rings is 1. The Bertz CT molecular complexity index is 718. The molecule has 0 spiro atoms. The average Bonchev–Trinajstić information content (AvgIpc) is 3.01. The van der Waals surface area contributed by atoms with Crippen LogP contribution in [0.4, 0.5) is 0 Å². The van der Waals surface area contributed by atoms with Crippen LogP contribution in [0.5, 0.6) is 0 Å². The van der Waals surface area contributed by atoms with Gasteiger partial charge in [-0.2, -0.15) is 0 Å². The molecule has 2 aromatic rings. The van der Waals surface area contributed by atoms with Gasteiger partial charge in [-0.05, 0) is 17.7 Å². The van der Waals surface area contributed by atoms with E-state index in [1.807, 2.05) is 48.5 Å². The largest absolute Gasteiger partial charge is 0.478 e. The lowest BCUT2D eigenvalue weighted by Crippen LogP contribution is -2.41. The number of hydrogen-bond acceptors (Lipinski definition) is 5. The predicted octanol–water partition coefficient (Wildman–Crippen LogP) is 2.44. The highest BCUT2D eigenvalue weighted by atomic mass is 16.7. The van der Waals surface area contributed by atoms with Crippen molar-refractivity contribution < 1.29 is 19.5 Å². The van der Waals surface area contributed by atoms with Gasteiger partial charge in [-0.3, -0.25) is 4.98 Å². The van der Waals surface area contributed by atoms with Crippen LogP contribution in [-0.4, -0.2) is 34.0 Å². The van der Waals surface area contributed by atoms with E-state index in [1.165, 1.54) is 0 Å². The van der Waals surface area contributed by atoms with E-state index in [4.69, 9.17) is 9.57 Å². The molecule has 0 saturated carbocycles. The number of aliphatic carboxylic acids is 1. The summed E-state index contributed by atoms with van der Waals surface area (Å²) >= 11 is 0. The summed E-state index contributed by atoms with van der Waals surface area (Å²) in [7, 11) is 0. The second-order valence-electron chi connectivity index (χ2n) is 5.70. The van der Waals surface area contributed by atoms with E-state index in [0.717, 1.165) is 11.3 Å². The van der Waals surface area contributed by atoms with E-state index in [9.17, 15) is 9.90 Å². The van der Waals surface area contributed by atoms with Crippen molar-refractivity contribution in [1.82, 2.24) is 4.98 Å². The fourth-order valence-electron chi connectivity index (χ4n) is 2.59. The molecule has 0 aliphatic carbocycles. The molecule has 2 heterocycles. The summed E-state index contributed by atoms with van der Waals surface area (Å²) in [6.45, 7) is 0.568. The predicted molar refractivity (Wildman–Crippen MR) is 87.5 cm³/mol. The first-order valence-electron chi connectivity index (χ1n) is 7.67. The molecule has 1 atom stereocenters. The number of carbonyl (C=O) groups is 1. The van der Waals surface area contributed by atoms with Crippen LogP contribution in [0.15, 0.2) is 59.9 Å². The van der Waals surface area contributed by atoms with E-state index < -0.39 is 11.6 Å². The molecule has 24 heavy (non-hydrogen) atoms. The minimum absolute atomic E-state index is 0.208. The van der Waals surface area contributed by atoms with E-state index in [0.29, 0.717) is 12.3 Å². The molecule has 0 fully saturated rings. The highest BCUT2D eigenvalue weighted by molar-refractivity contribution is 5.94. The first-order valence-corrected chi connectivity index (χ1v) is 7.67. The number of rotatable bonds is 7. The highest BCUT2D eigenvalue weighted by Gasteiger charge is 2.46. The third-order valence-electron chi connectivity index (χ3n) is 3.81. The summed E-state index contributed by atoms with van der Waals surface area (Å²) in [4.78, 5) is 21.2. The highest BCUT2D eigenvalue weighted by Crippen LogP contribution is 2.29. The Morgan fingerprint density at radius 3 is 2.67 bits per heavy atom. The smallest absolute Gasteiger partial charge is 0.351 e. The van der Waals surface area contributed by atoms with Crippen LogP contribution in [-0.2, 0) is 27.4 Å². The van der Waals surface area contributed by atoms with Gasteiger partial charge in [0.1, 0.15) is 0 Å². The van der Waals surface area contributed by atoms with Gasteiger partial charge in [0.05, 0.1) is 24.6 Å². The Balaban J connectivity index is 1.57. The molecule has 1 aliphatic heterocycles. The van der Waals surface area contributed by atoms with Crippen LogP contribution in [0, 0.1) is 0 Å². The molecule has 1 N–H and O–H groups in total. The number of aromatic nitrogens is 1. The zero-order chi connectivity index (χ0) is 16.8. The molecule has 6 nitrogen and oxygen atoms in total. The average molecular weight is 326 g/mol. The fraction of sp³-hybridized carbons (Fsp3) is 0.278. The van der Waals surface area contributed by atoms with E-state index in [2.05, 4.69) is 10.1 Å². The SMILES string of the molecule is O=C(O)C1(Cc2ccccc2)CC(COCc2ccccn2)=NO1. The van der Waals surface area contributed by atoms with Crippen LogP contribution >= 0.6 is 0 Å². The summed E-state index contributed by atoms with van der Waals surface area (Å²) in [5.41, 5.74) is 0.936. The van der Waals surface area contributed by atoms with Gasteiger partial charge >= 0.3 is 5.97 Å². The molecule has 1 aromatic carbocycles. The van der Waals surface area contributed by atoms with Gasteiger partial charge in [0.2, 0.25) is 5.60 Å². The first-order chi connectivity index (χ1) is 11.7. The second kappa shape index (κ2) is 7.23. The van der Waals surface area contributed by atoms with Crippen LogP contribution in [0.25, 0.3) is 0 Å². The van der Waals surface area contributed by atoms with Crippen molar-refractivity contribution in [3.05, 3.63) is 66.0 Å². The van der Waals surface area contributed by atoms with Gasteiger partial charge in [-0.15, -0.1) is 0 Å². The maximum atomic E-state index is 11.7. The van der Waals surface area contributed by atoms with Gasteiger partial charge in [0.25, 0.3) is 0 Å². The number of ether oxygens (including phenoxy) is 1. The maximum absolute atomic E-state index is 11.7. The molecular weight excluding hydrogens is 308 g/mol. The van der Waals surface area contributed by atoms with E-state index >= 15 is 0 Å². The Hall–Kier alpha value is -2.73. The van der Waals surface area contributed by atoms with Crippen molar-refractivity contribution in [1.29, 1.82) is 0 Å². The van der Waals surface area contributed by atoms with E-state index in [1.54, 1.807) is 6.20 Å². The zero-order valence-electron chi connectivity index (χ0n) is 13.1. The summed E-state index contributed by atoms with van der Waals surface area (Å²) < 4.78 is 5.56. The Morgan fingerprint density at radius 2 is 1.96 bits per heavy atom. The van der Waals surface area contributed by atoms with Crippen molar-refractivity contribution in [2.24, 2.45) is 5.16 Å². The molecule has 1 aromatic heterocycles. The van der Waals surface area contributed by atoms with Gasteiger partial charge < -0.3 is 14.7 Å². The molecule has 6 heteroatoms. The first kappa shape index (κ1) is 16.1. The molecule has 1 unspecified atom stereocenters. The van der Waals surface area contributed by atoms with Crippen LogP contribution in [0.1, 0.15) is 17.7 Å². The second-order valence-corrected chi connectivity index (χ2v) is 5.70. The number of nitrogens with zero attached hydrogens (tertiary/aromatic N) is 2. The maximum Gasteiger partial charge on any atom is 0.351 e. The monoisotopic (exact) mass is 326 g/mol. The molecule has 124 valence electrons. The standard InChI is InChI=1S/C18H18N2O4/c21-17(22)18(10-14-6-2-1-3-7-14)11-16(20-24-18)13-23-12-15-8-4-5-9-19-15/h1-9H,10-13H2,(H,21,22). The number of hydrogen-bond donors (Lipinski definition) is 1. The summed E-state index contributed by atoms with van der Waals surface area (Å²) in [6.07, 6.45) is 2.17. The van der Waals surface area contributed by atoms with E-state index in [-0.39, 0.29) is 19.4 Å². The topological polar surface area (TPSA) is 81.0 Å². The van der Waals surface area contributed by atoms with Crippen molar-refractivity contribution >= 4 is 11.7 Å². The summed E-state index contributed by atoms with van der Waals surface area (Å²) in [5, 5.41) is 13.5. The molecule has 0 bridgehead atoms. The van der Waals surface area contributed by atoms with Crippen LogP contribution in [0.2, 0.25) is 0 Å². The van der Waals surface area contributed by atoms with Crippen molar-refractivity contribution in [2.45, 2.75) is 25.0 Å². The van der Waals surface area contributed by atoms with Crippen molar-refractivity contribution in [3.63, 3.8) is 0 Å². The normalized spacial score (nSPS) is 19.6. The minimum atomic E-state index is -1.36. The summed E-state index contributed by atoms with van der Waals surface area (Å²) in [6, 6.07) is 15.0. The molecular formula is C18H18N2O4. The van der Waals surface area contributed by atoms with Gasteiger partial charge in [0, 0.05) is 19.0 Å². The lowest BCUT2D eigenvalue weighted by molar-refractivity contribution is -0.162. The third-order valence-corrected chi connectivity index (χ3v) is 3.81. The Morgan fingerprint density at radius 1 is 1.17 bits per heavy atom. The lowest BCUT2D eigenvalue weighted by atomic mass is 9.90. The fourth-order valence-corrected chi connectivity index (χ4v) is 2.59. The molecule has 1 aliphatic rings. The molecule has 3 rings (SSSR count). The number of pyridine rings is 1. The molecule has 0 saturated heterocycles. The molecule has 0 radical (unpaired) electrons. The minimum Gasteiger partial charge on any atom is -0.478 e. The summed E-state index contributed by atoms with van der Waals surface area (Å²) in [5.74, 6) is -1.02. The van der Waals surface area contributed by atoms with Gasteiger partial charge in [0.15, 0.2) is 0 Å². The van der Waals surface area contributed by atoms with Crippen molar-refractivity contribution in [3.8, 4) is 0 Å². The Labute approximate surface area is 139 Å². The van der Waals surface area contributed by atoms with Gasteiger partial charge in [-0.25, -0.2) is 4.79 Å². The number of carboxylic acid groups (broad SMARTS) is 1. The lowest BCUT2D eigenvalue weighted by Gasteiger charge is -2.21. The Kier molecular flexibility index (Phi) is 4.86. The van der Waals surface area contributed by atoms with Crippen LogP contribution < -0.4 is 0 Å². The van der Waals surface area contributed by atoms with Crippen molar-refractivity contribution in [2.75, 3.05) is 6.61 Å². The number of oxime groups is 1. The number of carboxylic acids is 1. The molecule has 0 amide bonds. The van der Waals surface area contributed by atoms with Gasteiger partial charge in [-0.1, -0.05) is 41.6 Å².